The average molecular weight is 293 g/mol. The lowest BCUT2D eigenvalue weighted by Gasteiger charge is -2.21. The number of rotatable bonds is 1. The summed E-state index contributed by atoms with van der Waals surface area (Å²) >= 11 is 0. The minimum absolute atomic E-state index is 0.0188. The van der Waals surface area contributed by atoms with Gasteiger partial charge in [0.1, 0.15) is 5.69 Å². The quantitative estimate of drug-likeness (QED) is 0.759. The standard InChI is InChI=1S/C18H19N3O/c1-12-6-7-13-10-21(11-14(13)8-12)18(22)17-9-19-15-4-2-3-5-16(15)20-17/h2-6,9,13-14H,7-8,10-11H2,1H3/t13-,14+/m1/s1. The number of benzene rings is 1. The SMILES string of the molecule is CC1=CC[C@@H]2CN(C(=O)c3cnc4ccccc4n3)C[C@@H]2C1. The number of carbonyl (C=O) groups excluding carboxylic acids is 1. The number of hydrogen-bond acceptors (Lipinski definition) is 3. The Kier molecular flexibility index (Phi) is 3.17. The van der Waals surface area contributed by atoms with Crippen LogP contribution in [0.1, 0.15) is 30.3 Å². The van der Waals surface area contributed by atoms with E-state index in [0.29, 0.717) is 17.5 Å². The van der Waals surface area contributed by atoms with Crippen LogP contribution in [0.15, 0.2) is 42.1 Å². The van der Waals surface area contributed by atoms with E-state index in [1.807, 2.05) is 29.2 Å². The van der Waals surface area contributed by atoms with Crippen LogP contribution in [0.2, 0.25) is 0 Å². The van der Waals surface area contributed by atoms with E-state index in [0.717, 1.165) is 37.0 Å². The van der Waals surface area contributed by atoms with Crippen LogP contribution in [0, 0.1) is 11.8 Å². The lowest BCUT2D eigenvalue weighted by atomic mass is 9.83. The number of amides is 1. The minimum Gasteiger partial charge on any atom is -0.337 e. The number of allylic oxidation sites excluding steroid dienone is 2. The van der Waals surface area contributed by atoms with Crippen molar-refractivity contribution in [1.29, 1.82) is 0 Å². The zero-order valence-electron chi connectivity index (χ0n) is 12.7. The third-order valence-corrected chi connectivity index (χ3v) is 4.88. The molecule has 1 amide bonds. The van der Waals surface area contributed by atoms with Gasteiger partial charge in [-0.15, -0.1) is 0 Å². The Hall–Kier alpha value is -2.23. The first-order valence-electron chi connectivity index (χ1n) is 7.87. The van der Waals surface area contributed by atoms with Gasteiger partial charge in [-0.3, -0.25) is 9.78 Å². The zero-order chi connectivity index (χ0) is 15.1. The number of para-hydroxylation sites is 2. The van der Waals surface area contributed by atoms with Gasteiger partial charge in [0.05, 0.1) is 17.2 Å². The molecule has 2 aliphatic rings. The van der Waals surface area contributed by atoms with Crippen molar-refractivity contribution in [2.45, 2.75) is 19.8 Å². The van der Waals surface area contributed by atoms with Crippen molar-refractivity contribution in [1.82, 2.24) is 14.9 Å². The van der Waals surface area contributed by atoms with E-state index in [1.165, 1.54) is 5.57 Å². The molecule has 0 bridgehead atoms. The molecule has 22 heavy (non-hydrogen) atoms. The third kappa shape index (κ3) is 2.28. The van der Waals surface area contributed by atoms with Crippen molar-refractivity contribution in [2.24, 2.45) is 11.8 Å². The second-order valence-corrected chi connectivity index (χ2v) is 6.46. The maximum atomic E-state index is 12.7. The molecule has 0 saturated carbocycles. The van der Waals surface area contributed by atoms with E-state index in [4.69, 9.17) is 0 Å². The molecule has 1 aromatic heterocycles. The van der Waals surface area contributed by atoms with Crippen molar-refractivity contribution in [3.8, 4) is 0 Å². The normalized spacial score (nSPS) is 24.2. The Morgan fingerprint density at radius 1 is 1.18 bits per heavy atom. The molecule has 1 fully saturated rings. The molecular formula is C18H19N3O. The van der Waals surface area contributed by atoms with Crippen molar-refractivity contribution in [2.75, 3.05) is 13.1 Å². The fourth-order valence-corrected chi connectivity index (χ4v) is 3.67. The molecule has 1 aromatic carbocycles. The summed E-state index contributed by atoms with van der Waals surface area (Å²) in [6.07, 6.45) is 6.16. The van der Waals surface area contributed by atoms with Crippen LogP contribution in [0.5, 0.6) is 0 Å². The number of hydrogen-bond donors (Lipinski definition) is 0. The van der Waals surface area contributed by atoms with Gasteiger partial charge in [-0.05, 0) is 43.7 Å². The molecule has 0 N–H and O–H groups in total. The highest BCUT2D eigenvalue weighted by Crippen LogP contribution is 2.36. The van der Waals surface area contributed by atoms with Gasteiger partial charge in [0.25, 0.3) is 5.91 Å². The van der Waals surface area contributed by atoms with Gasteiger partial charge in [-0.25, -0.2) is 4.98 Å². The van der Waals surface area contributed by atoms with E-state index >= 15 is 0 Å². The number of nitrogens with zero attached hydrogens (tertiary/aromatic N) is 3. The number of fused-ring (bicyclic) bond motifs is 2. The Morgan fingerprint density at radius 2 is 1.95 bits per heavy atom. The van der Waals surface area contributed by atoms with E-state index in [9.17, 15) is 4.79 Å². The maximum Gasteiger partial charge on any atom is 0.274 e. The van der Waals surface area contributed by atoms with Crippen LogP contribution >= 0.6 is 0 Å². The third-order valence-electron chi connectivity index (χ3n) is 4.88. The van der Waals surface area contributed by atoms with Gasteiger partial charge < -0.3 is 4.90 Å². The highest BCUT2D eigenvalue weighted by Gasteiger charge is 2.36. The van der Waals surface area contributed by atoms with Crippen LogP contribution < -0.4 is 0 Å². The molecule has 2 heterocycles. The summed E-state index contributed by atoms with van der Waals surface area (Å²) in [5, 5.41) is 0. The lowest BCUT2D eigenvalue weighted by Crippen LogP contribution is -2.29. The number of likely N-dealkylation sites (tertiary alicyclic amines) is 1. The van der Waals surface area contributed by atoms with Crippen LogP contribution in [0.3, 0.4) is 0 Å². The molecule has 2 aromatic rings. The van der Waals surface area contributed by atoms with Crippen LogP contribution in [0.4, 0.5) is 0 Å². The monoisotopic (exact) mass is 293 g/mol. The number of aromatic nitrogens is 2. The molecule has 0 radical (unpaired) electrons. The fraction of sp³-hybridized carbons (Fsp3) is 0.389. The smallest absolute Gasteiger partial charge is 0.274 e. The highest BCUT2D eigenvalue weighted by atomic mass is 16.2. The van der Waals surface area contributed by atoms with E-state index in [1.54, 1.807) is 6.20 Å². The second kappa shape index (κ2) is 5.20. The first-order chi connectivity index (χ1) is 10.7. The molecular weight excluding hydrogens is 274 g/mol. The molecule has 2 atom stereocenters. The molecule has 4 nitrogen and oxygen atoms in total. The van der Waals surface area contributed by atoms with Gasteiger partial charge in [0.2, 0.25) is 0 Å². The Morgan fingerprint density at radius 3 is 2.82 bits per heavy atom. The molecule has 4 rings (SSSR count). The lowest BCUT2D eigenvalue weighted by molar-refractivity contribution is 0.0778. The highest BCUT2D eigenvalue weighted by molar-refractivity contribution is 5.94. The molecule has 1 saturated heterocycles. The van der Waals surface area contributed by atoms with E-state index < -0.39 is 0 Å². The molecule has 1 aliphatic carbocycles. The van der Waals surface area contributed by atoms with Crippen LogP contribution in [-0.2, 0) is 0 Å². The van der Waals surface area contributed by atoms with Crippen molar-refractivity contribution in [3.63, 3.8) is 0 Å². The summed E-state index contributed by atoms with van der Waals surface area (Å²) in [5.41, 5.74) is 3.53. The molecule has 0 unspecified atom stereocenters. The average Bonchev–Trinajstić information content (AvgIpc) is 2.96. The van der Waals surface area contributed by atoms with Gasteiger partial charge in [-0.2, -0.15) is 0 Å². The zero-order valence-corrected chi connectivity index (χ0v) is 12.7. The summed E-state index contributed by atoms with van der Waals surface area (Å²) in [6, 6.07) is 7.66. The van der Waals surface area contributed by atoms with Crippen LogP contribution in [0.25, 0.3) is 11.0 Å². The van der Waals surface area contributed by atoms with E-state index in [-0.39, 0.29) is 5.91 Å². The first-order valence-corrected chi connectivity index (χ1v) is 7.87. The largest absolute Gasteiger partial charge is 0.337 e. The Bertz CT molecular complexity index is 768. The predicted molar refractivity (Wildman–Crippen MR) is 85.4 cm³/mol. The minimum atomic E-state index is 0.0188. The van der Waals surface area contributed by atoms with Gasteiger partial charge in [0, 0.05) is 13.1 Å². The van der Waals surface area contributed by atoms with Crippen molar-refractivity contribution < 1.29 is 4.79 Å². The maximum absolute atomic E-state index is 12.7. The Labute approximate surface area is 129 Å². The molecule has 112 valence electrons. The molecule has 1 aliphatic heterocycles. The second-order valence-electron chi connectivity index (χ2n) is 6.46. The van der Waals surface area contributed by atoms with Crippen molar-refractivity contribution in [3.05, 3.63) is 47.8 Å². The topological polar surface area (TPSA) is 46.1 Å². The van der Waals surface area contributed by atoms with Crippen LogP contribution in [-0.4, -0.2) is 33.9 Å². The molecule has 0 spiro atoms. The van der Waals surface area contributed by atoms with E-state index in [2.05, 4.69) is 23.0 Å². The summed E-state index contributed by atoms with van der Waals surface area (Å²) in [5.74, 6) is 1.24. The van der Waals surface area contributed by atoms with Gasteiger partial charge in [0.15, 0.2) is 0 Å². The van der Waals surface area contributed by atoms with Gasteiger partial charge >= 0.3 is 0 Å². The fourth-order valence-electron chi connectivity index (χ4n) is 3.67. The number of carbonyl (C=O) groups is 1. The summed E-state index contributed by atoms with van der Waals surface area (Å²) < 4.78 is 0. The Balaban J connectivity index is 1.56. The first kappa shape index (κ1) is 13.4. The summed E-state index contributed by atoms with van der Waals surface area (Å²) in [6.45, 7) is 3.89. The summed E-state index contributed by atoms with van der Waals surface area (Å²) in [4.78, 5) is 23.5. The van der Waals surface area contributed by atoms with Crippen molar-refractivity contribution >= 4 is 16.9 Å². The summed E-state index contributed by atoms with van der Waals surface area (Å²) in [7, 11) is 0. The predicted octanol–water partition coefficient (Wildman–Crippen LogP) is 3.06. The molecule has 4 heteroatoms. The van der Waals surface area contributed by atoms with Gasteiger partial charge in [-0.1, -0.05) is 23.8 Å².